The second-order valence-corrected chi connectivity index (χ2v) is 5.85. The number of morpholine rings is 1. The summed E-state index contributed by atoms with van der Waals surface area (Å²) in [6.45, 7) is 6.64. The van der Waals surface area contributed by atoms with E-state index >= 15 is 0 Å². The maximum Gasteiger partial charge on any atom is 0.146 e. The van der Waals surface area contributed by atoms with Gasteiger partial charge in [0.1, 0.15) is 5.82 Å². The highest BCUT2D eigenvalue weighted by Gasteiger charge is 2.34. The van der Waals surface area contributed by atoms with Gasteiger partial charge in [0.15, 0.2) is 0 Å². The number of anilines is 1. The molecule has 1 aromatic rings. The van der Waals surface area contributed by atoms with E-state index in [0.717, 1.165) is 43.7 Å². The van der Waals surface area contributed by atoms with Crippen molar-refractivity contribution >= 4 is 5.69 Å². The van der Waals surface area contributed by atoms with Gasteiger partial charge in [0.2, 0.25) is 0 Å². The molecule has 110 valence electrons. The number of benzene rings is 1. The molecule has 0 spiro atoms. The van der Waals surface area contributed by atoms with Crippen LogP contribution in [0.25, 0.3) is 0 Å². The van der Waals surface area contributed by atoms with Crippen molar-refractivity contribution in [2.45, 2.75) is 44.9 Å². The maximum absolute atomic E-state index is 14.4. The second-order valence-electron chi connectivity index (χ2n) is 5.85. The molecule has 0 saturated carbocycles. The van der Waals surface area contributed by atoms with E-state index in [2.05, 4.69) is 24.1 Å². The Morgan fingerprint density at radius 1 is 1.35 bits per heavy atom. The summed E-state index contributed by atoms with van der Waals surface area (Å²) in [4.78, 5) is 2.14. The van der Waals surface area contributed by atoms with Gasteiger partial charge >= 0.3 is 0 Å². The largest absolute Gasteiger partial charge is 0.371 e. The number of nitrogens with one attached hydrogen (secondary N) is 1. The molecule has 2 bridgehead atoms. The summed E-state index contributed by atoms with van der Waals surface area (Å²) >= 11 is 0. The number of fused-ring (bicyclic) bond motifs is 2. The lowest BCUT2D eigenvalue weighted by atomic mass is 10.1. The van der Waals surface area contributed by atoms with Crippen molar-refractivity contribution in [2.75, 3.05) is 24.5 Å². The van der Waals surface area contributed by atoms with Gasteiger partial charge in [-0.25, -0.2) is 4.39 Å². The molecule has 2 aliphatic rings. The number of halogens is 1. The Kier molecular flexibility index (Phi) is 3.94. The van der Waals surface area contributed by atoms with E-state index in [1.54, 1.807) is 6.07 Å². The lowest BCUT2D eigenvalue weighted by molar-refractivity contribution is 0.0303. The van der Waals surface area contributed by atoms with Crippen LogP contribution < -0.4 is 10.2 Å². The van der Waals surface area contributed by atoms with E-state index < -0.39 is 0 Å². The smallest absolute Gasteiger partial charge is 0.146 e. The van der Waals surface area contributed by atoms with Gasteiger partial charge in [0.05, 0.1) is 17.9 Å². The normalized spacial score (nSPS) is 26.9. The summed E-state index contributed by atoms with van der Waals surface area (Å²) in [7, 11) is 0. The first-order chi connectivity index (χ1) is 9.67. The predicted octanol–water partition coefficient (Wildman–Crippen LogP) is 2.86. The molecular weight excluding hydrogens is 255 g/mol. The zero-order valence-corrected chi connectivity index (χ0v) is 12.2. The Balaban J connectivity index is 1.77. The molecule has 3 unspecified atom stereocenters. The van der Waals surface area contributed by atoms with Crippen LogP contribution in [0.3, 0.4) is 0 Å². The second kappa shape index (κ2) is 5.70. The van der Waals surface area contributed by atoms with Crippen LogP contribution in [0, 0.1) is 5.82 Å². The Morgan fingerprint density at radius 3 is 2.65 bits per heavy atom. The molecule has 3 rings (SSSR count). The zero-order valence-electron chi connectivity index (χ0n) is 12.2. The molecule has 0 radical (unpaired) electrons. The minimum atomic E-state index is -0.117. The van der Waals surface area contributed by atoms with Gasteiger partial charge in [-0.15, -0.1) is 0 Å². The average molecular weight is 278 g/mol. The molecule has 1 aromatic carbocycles. The van der Waals surface area contributed by atoms with Crippen molar-refractivity contribution in [1.82, 2.24) is 5.32 Å². The molecule has 2 fully saturated rings. The Bertz CT molecular complexity index is 468. The van der Waals surface area contributed by atoms with Gasteiger partial charge in [-0.2, -0.15) is 0 Å². The maximum atomic E-state index is 14.4. The first-order valence-electron chi connectivity index (χ1n) is 7.60. The number of hydrogen-bond acceptors (Lipinski definition) is 3. The summed E-state index contributed by atoms with van der Waals surface area (Å²) in [5.41, 5.74) is 1.72. The van der Waals surface area contributed by atoms with Gasteiger partial charge in [0, 0.05) is 19.1 Å². The highest BCUT2D eigenvalue weighted by Crippen LogP contribution is 2.31. The molecule has 3 atom stereocenters. The zero-order chi connectivity index (χ0) is 14.1. The van der Waals surface area contributed by atoms with E-state index in [1.807, 2.05) is 12.1 Å². The van der Waals surface area contributed by atoms with Crippen molar-refractivity contribution in [3.05, 3.63) is 29.6 Å². The van der Waals surface area contributed by atoms with Crippen LogP contribution in [0.15, 0.2) is 18.2 Å². The quantitative estimate of drug-likeness (QED) is 0.916. The van der Waals surface area contributed by atoms with Crippen LogP contribution in [0.5, 0.6) is 0 Å². The van der Waals surface area contributed by atoms with E-state index in [4.69, 9.17) is 4.74 Å². The van der Waals surface area contributed by atoms with E-state index in [9.17, 15) is 4.39 Å². The molecule has 2 saturated heterocycles. The minimum Gasteiger partial charge on any atom is -0.371 e. The number of hydrogen-bond donors (Lipinski definition) is 1. The monoisotopic (exact) mass is 278 g/mol. The van der Waals surface area contributed by atoms with Crippen molar-refractivity contribution in [1.29, 1.82) is 0 Å². The van der Waals surface area contributed by atoms with E-state index in [-0.39, 0.29) is 24.1 Å². The third kappa shape index (κ3) is 2.67. The fraction of sp³-hybridized carbons (Fsp3) is 0.625. The van der Waals surface area contributed by atoms with Crippen molar-refractivity contribution < 1.29 is 9.13 Å². The molecular formula is C16H23FN2O. The topological polar surface area (TPSA) is 24.5 Å². The van der Waals surface area contributed by atoms with Crippen LogP contribution in [-0.2, 0) is 4.74 Å². The highest BCUT2D eigenvalue weighted by atomic mass is 19.1. The first kappa shape index (κ1) is 13.8. The summed E-state index contributed by atoms with van der Waals surface area (Å²) < 4.78 is 20.2. The van der Waals surface area contributed by atoms with Crippen molar-refractivity contribution in [3.63, 3.8) is 0 Å². The lowest BCUT2D eigenvalue weighted by Crippen LogP contribution is -2.43. The molecule has 2 heterocycles. The van der Waals surface area contributed by atoms with Gasteiger partial charge in [-0.05, 0) is 44.0 Å². The van der Waals surface area contributed by atoms with Crippen LogP contribution in [0.4, 0.5) is 10.1 Å². The SMILES string of the molecule is CCNC(C)c1ccc(N2CC3CCC(C2)O3)c(F)c1. The summed E-state index contributed by atoms with van der Waals surface area (Å²) in [6.07, 6.45) is 2.79. The summed E-state index contributed by atoms with van der Waals surface area (Å²) in [6, 6.07) is 5.80. The third-order valence-corrected chi connectivity index (χ3v) is 4.37. The fourth-order valence-corrected chi connectivity index (χ4v) is 3.28. The summed E-state index contributed by atoms with van der Waals surface area (Å²) in [5.74, 6) is -0.117. The summed E-state index contributed by atoms with van der Waals surface area (Å²) in [5, 5.41) is 3.31. The van der Waals surface area contributed by atoms with E-state index in [1.165, 1.54) is 0 Å². The average Bonchev–Trinajstić information content (AvgIpc) is 2.77. The number of ether oxygens (including phenoxy) is 1. The lowest BCUT2D eigenvalue weighted by Gasteiger charge is -2.34. The fourth-order valence-electron chi connectivity index (χ4n) is 3.28. The third-order valence-electron chi connectivity index (χ3n) is 4.37. The molecule has 0 amide bonds. The molecule has 3 nitrogen and oxygen atoms in total. The van der Waals surface area contributed by atoms with Crippen LogP contribution in [0.1, 0.15) is 38.3 Å². The molecule has 2 aliphatic heterocycles. The standard InChI is InChI=1S/C16H23FN2O/c1-3-18-11(2)12-4-7-16(15(17)8-12)19-9-13-5-6-14(10-19)20-13/h4,7-8,11,13-14,18H,3,5-6,9-10H2,1-2H3. The Hall–Kier alpha value is -1.13. The molecule has 1 N–H and O–H groups in total. The highest BCUT2D eigenvalue weighted by molar-refractivity contribution is 5.50. The Labute approximate surface area is 120 Å². The van der Waals surface area contributed by atoms with E-state index in [0.29, 0.717) is 0 Å². The molecule has 4 heteroatoms. The van der Waals surface area contributed by atoms with Gasteiger partial charge in [-0.3, -0.25) is 0 Å². The number of nitrogens with zero attached hydrogens (tertiary/aromatic N) is 1. The molecule has 20 heavy (non-hydrogen) atoms. The van der Waals surface area contributed by atoms with Crippen LogP contribution in [-0.4, -0.2) is 31.8 Å². The number of rotatable bonds is 4. The van der Waals surface area contributed by atoms with Crippen molar-refractivity contribution in [3.8, 4) is 0 Å². The van der Waals surface area contributed by atoms with Crippen LogP contribution >= 0.6 is 0 Å². The Morgan fingerprint density at radius 2 is 2.05 bits per heavy atom. The van der Waals surface area contributed by atoms with Crippen LogP contribution in [0.2, 0.25) is 0 Å². The van der Waals surface area contributed by atoms with Gasteiger partial charge in [-0.1, -0.05) is 13.0 Å². The van der Waals surface area contributed by atoms with Crippen molar-refractivity contribution in [2.24, 2.45) is 0 Å². The molecule has 0 aliphatic carbocycles. The van der Waals surface area contributed by atoms with Gasteiger partial charge < -0.3 is 15.0 Å². The molecule has 0 aromatic heterocycles. The first-order valence-corrected chi connectivity index (χ1v) is 7.60. The predicted molar refractivity (Wildman–Crippen MR) is 78.6 cm³/mol. The van der Waals surface area contributed by atoms with Gasteiger partial charge in [0.25, 0.3) is 0 Å². The minimum absolute atomic E-state index is 0.117.